The summed E-state index contributed by atoms with van der Waals surface area (Å²) in [5.74, 6) is -1.01. The van der Waals surface area contributed by atoms with E-state index in [1.54, 1.807) is 47.2 Å². The van der Waals surface area contributed by atoms with Gasteiger partial charge in [0.15, 0.2) is 14.6 Å². The number of hydrogen-bond donors (Lipinski definition) is 0. The first-order valence-electron chi connectivity index (χ1n) is 9.71. The van der Waals surface area contributed by atoms with Crippen LogP contribution in [0.15, 0.2) is 52.5 Å². The van der Waals surface area contributed by atoms with Crippen LogP contribution in [-0.4, -0.2) is 47.1 Å². The summed E-state index contributed by atoms with van der Waals surface area (Å²) in [7, 11) is -3.42. The van der Waals surface area contributed by atoms with Crippen LogP contribution < -0.4 is 4.80 Å². The largest absolute Gasteiger partial charge is 0.465 e. The Morgan fingerprint density at radius 3 is 2.72 bits per heavy atom. The van der Waals surface area contributed by atoms with Gasteiger partial charge in [0.25, 0.3) is 5.91 Å². The minimum absolute atomic E-state index is 0.144. The predicted molar refractivity (Wildman–Crippen MR) is 119 cm³/mol. The van der Waals surface area contributed by atoms with Crippen LogP contribution in [0.5, 0.6) is 0 Å². The average molecular weight is 473 g/mol. The average Bonchev–Trinajstić information content (AvgIpc) is 3.23. The summed E-state index contributed by atoms with van der Waals surface area (Å²) >= 11 is 1.12. The Bertz CT molecular complexity index is 1540. The maximum atomic E-state index is 13.1. The highest BCUT2D eigenvalue weighted by Crippen LogP contribution is 2.22. The monoisotopic (exact) mass is 472 g/mol. The first kappa shape index (κ1) is 21.9. The van der Waals surface area contributed by atoms with E-state index in [2.05, 4.69) is 9.98 Å². The van der Waals surface area contributed by atoms with Crippen LogP contribution >= 0.6 is 11.3 Å². The molecule has 0 N–H and O–H groups in total. The number of thiazole rings is 1. The van der Waals surface area contributed by atoms with E-state index in [0.717, 1.165) is 17.6 Å². The van der Waals surface area contributed by atoms with E-state index in [-0.39, 0.29) is 22.8 Å². The molecule has 0 bridgehead atoms. The van der Waals surface area contributed by atoms with Crippen LogP contribution in [0, 0.1) is 6.92 Å². The molecule has 0 radical (unpaired) electrons. The zero-order valence-corrected chi connectivity index (χ0v) is 19.2. The van der Waals surface area contributed by atoms with Crippen LogP contribution in [0.3, 0.4) is 0 Å². The van der Waals surface area contributed by atoms with Crippen molar-refractivity contribution in [1.82, 2.24) is 14.0 Å². The number of aromatic nitrogens is 3. The number of aryl methyl sites for hydroxylation is 1. The summed E-state index contributed by atoms with van der Waals surface area (Å²) in [6.45, 7) is 3.48. The molecule has 1 amide bonds. The molecular weight excluding hydrogens is 452 g/mol. The van der Waals surface area contributed by atoms with Crippen molar-refractivity contribution < 1.29 is 22.7 Å². The van der Waals surface area contributed by atoms with Crippen molar-refractivity contribution in [2.24, 2.45) is 4.99 Å². The maximum Gasteiger partial charge on any atom is 0.326 e. The third-order valence-corrected chi connectivity index (χ3v) is 6.93. The molecule has 0 aliphatic heterocycles. The van der Waals surface area contributed by atoms with E-state index in [4.69, 9.17) is 4.74 Å². The van der Waals surface area contributed by atoms with Gasteiger partial charge in [-0.1, -0.05) is 17.4 Å². The normalized spacial score (nSPS) is 12.5. The van der Waals surface area contributed by atoms with Gasteiger partial charge < -0.3 is 9.30 Å². The smallest absolute Gasteiger partial charge is 0.326 e. The van der Waals surface area contributed by atoms with E-state index in [1.807, 2.05) is 6.07 Å². The number of rotatable bonds is 5. The van der Waals surface area contributed by atoms with Crippen LogP contribution in [0.1, 0.15) is 23.1 Å². The molecule has 4 aromatic rings. The zero-order chi connectivity index (χ0) is 23.0. The van der Waals surface area contributed by atoms with Crippen molar-refractivity contribution >= 4 is 48.9 Å². The van der Waals surface area contributed by atoms with Gasteiger partial charge in [-0.3, -0.25) is 14.0 Å². The van der Waals surface area contributed by atoms with Crippen LogP contribution in [0.2, 0.25) is 0 Å². The number of pyridine rings is 1. The number of esters is 1. The molecule has 0 saturated carbocycles. The van der Waals surface area contributed by atoms with Gasteiger partial charge in [-0.25, -0.2) is 13.4 Å². The summed E-state index contributed by atoms with van der Waals surface area (Å²) in [5.41, 5.74) is 2.05. The fraction of sp³-hybridized carbons (Fsp3) is 0.238. The number of ether oxygens (including phenoxy) is 1. The number of imidazole rings is 1. The van der Waals surface area contributed by atoms with E-state index in [9.17, 15) is 18.0 Å². The molecule has 1 aromatic carbocycles. The van der Waals surface area contributed by atoms with E-state index < -0.39 is 21.7 Å². The third-order valence-electron chi connectivity index (χ3n) is 4.78. The quantitative estimate of drug-likeness (QED) is 0.412. The van der Waals surface area contributed by atoms with Gasteiger partial charge in [-0.15, -0.1) is 0 Å². The molecular formula is C21H20N4O5S2. The second-order valence-corrected chi connectivity index (χ2v) is 10.1. The maximum absolute atomic E-state index is 13.1. The topological polar surface area (TPSA) is 112 Å². The number of carbonyl (C=O) groups excluding carboxylic acids is 2. The van der Waals surface area contributed by atoms with Crippen molar-refractivity contribution in [2.75, 3.05) is 12.9 Å². The molecule has 166 valence electrons. The minimum atomic E-state index is -3.42. The molecule has 0 spiro atoms. The SMILES string of the molecule is CCOC(=O)Cn1c(=NC(=O)c2c(C)nc3ccccn23)sc2cc(S(C)(=O)=O)ccc21. The Labute approximate surface area is 187 Å². The zero-order valence-electron chi connectivity index (χ0n) is 17.6. The van der Waals surface area contributed by atoms with Crippen LogP contribution in [0.25, 0.3) is 15.9 Å². The molecule has 0 fully saturated rings. The lowest BCUT2D eigenvalue weighted by Gasteiger charge is -2.05. The highest BCUT2D eigenvalue weighted by atomic mass is 32.2. The second-order valence-electron chi connectivity index (χ2n) is 7.07. The standard InChI is InChI=1S/C21H20N4O5S2/c1-4-30-18(26)12-25-15-9-8-14(32(3,28)29)11-16(15)31-21(25)23-20(27)19-13(2)22-17-7-5-6-10-24(17)19/h5-11H,4,12H2,1-3H3. The Kier molecular flexibility index (Phi) is 5.70. The number of benzene rings is 1. The van der Waals surface area contributed by atoms with Gasteiger partial charge in [-0.2, -0.15) is 4.99 Å². The third kappa shape index (κ3) is 4.08. The molecule has 9 nitrogen and oxygen atoms in total. The Morgan fingerprint density at radius 2 is 2.00 bits per heavy atom. The molecule has 0 unspecified atom stereocenters. The summed E-state index contributed by atoms with van der Waals surface area (Å²) in [5, 5.41) is 0. The lowest BCUT2D eigenvalue weighted by atomic mass is 10.3. The number of sulfone groups is 1. The van der Waals surface area contributed by atoms with Crippen LogP contribution in [-0.2, 0) is 25.9 Å². The number of hydrogen-bond acceptors (Lipinski definition) is 7. The molecule has 11 heteroatoms. The van der Waals surface area contributed by atoms with Gasteiger partial charge in [0.1, 0.15) is 17.9 Å². The molecule has 0 aliphatic carbocycles. The fourth-order valence-corrected chi connectivity index (χ4v) is 5.16. The fourth-order valence-electron chi connectivity index (χ4n) is 3.37. The first-order valence-corrected chi connectivity index (χ1v) is 12.4. The van der Waals surface area contributed by atoms with Gasteiger partial charge in [0, 0.05) is 12.5 Å². The Morgan fingerprint density at radius 1 is 1.22 bits per heavy atom. The molecule has 32 heavy (non-hydrogen) atoms. The van der Waals surface area contributed by atoms with Gasteiger partial charge in [0.2, 0.25) is 0 Å². The molecule has 0 aliphatic rings. The lowest BCUT2D eigenvalue weighted by Crippen LogP contribution is -2.23. The van der Waals surface area contributed by atoms with Gasteiger partial charge in [-0.05, 0) is 44.2 Å². The number of carbonyl (C=O) groups is 2. The van der Waals surface area contributed by atoms with Crippen molar-refractivity contribution in [2.45, 2.75) is 25.3 Å². The second kappa shape index (κ2) is 8.32. The van der Waals surface area contributed by atoms with Gasteiger partial charge in [0.05, 0.1) is 27.4 Å². The van der Waals surface area contributed by atoms with E-state index in [0.29, 0.717) is 27.3 Å². The molecule has 4 rings (SSSR count). The Hall–Kier alpha value is -3.31. The van der Waals surface area contributed by atoms with Crippen molar-refractivity contribution in [1.29, 1.82) is 0 Å². The Balaban J connectivity index is 1.91. The highest BCUT2D eigenvalue weighted by Gasteiger charge is 2.19. The molecule has 0 atom stereocenters. The highest BCUT2D eigenvalue weighted by molar-refractivity contribution is 7.90. The minimum Gasteiger partial charge on any atom is -0.465 e. The number of amides is 1. The molecule has 0 saturated heterocycles. The number of fused-ring (bicyclic) bond motifs is 2. The van der Waals surface area contributed by atoms with Crippen molar-refractivity contribution in [3.05, 3.63) is 58.8 Å². The van der Waals surface area contributed by atoms with Gasteiger partial charge >= 0.3 is 5.97 Å². The van der Waals surface area contributed by atoms with Crippen molar-refractivity contribution in [3.63, 3.8) is 0 Å². The lowest BCUT2D eigenvalue weighted by molar-refractivity contribution is -0.143. The molecule has 3 heterocycles. The van der Waals surface area contributed by atoms with Crippen molar-refractivity contribution in [3.8, 4) is 0 Å². The summed E-state index contributed by atoms with van der Waals surface area (Å²) in [6.07, 6.45) is 2.85. The molecule has 3 aromatic heterocycles. The predicted octanol–water partition coefficient (Wildman–Crippen LogP) is 2.37. The van der Waals surface area contributed by atoms with E-state index in [1.165, 1.54) is 12.1 Å². The summed E-state index contributed by atoms with van der Waals surface area (Å²) in [6, 6.07) is 9.98. The van der Waals surface area contributed by atoms with E-state index >= 15 is 0 Å². The summed E-state index contributed by atoms with van der Waals surface area (Å²) in [4.78, 5) is 34.4. The summed E-state index contributed by atoms with van der Waals surface area (Å²) < 4.78 is 32.8. The van der Waals surface area contributed by atoms with Crippen LogP contribution in [0.4, 0.5) is 0 Å². The first-order chi connectivity index (χ1) is 15.2. The number of nitrogens with zero attached hydrogens (tertiary/aromatic N) is 4.